The third-order valence-corrected chi connectivity index (χ3v) is 2.66. The van der Waals surface area contributed by atoms with Crippen molar-refractivity contribution in [3.8, 4) is 0 Å². The summed E-state index contributed by atoms with van der Waals surface area (Å²) in [6, 6.07) is 3.68. The van der Waals surface area contributed by atoms with Crippen molar-refractivity contribution in [1.29, 1.82) is 0 Å². The lowest BCUT2D eigenvalue weighted by molar-refractivity contribution is 0.425. The van der Waals surface area contributed by atoms with E-state index in [4.69, 9.17) is 15.8 Å². The summed E-state index contributed by atoms with van der Waals surface area (Å²) in [6.45, 7) is 2.23. The number of benzene rings is 1. The standard InChI is InChI=1S/C9H14BNO2S/c1-6-8(4-11)2-7(5-14)3-9(6)10(12)13/h2-3,12-14H,4-5,11H2,1H3. The van der Waals surface area contributed by atoms with E-state index >= 15 is 0 Å². The second-order valence-electron chi connectivity index (χ2n) is 3.21. The highest BCUT2D eigenvalue weighted by Crippen LogP contribution is 2.11. The quantitative estimate of drug-likeness (QED) is 0.405. The molecule has 14 heavy (non-hydrogen) atoms. The van der Waals surface area contributed by atoms with Gasteiger partial charge < -0.3 is 15.8 Å². The largest absolute Gasteiger partial charge is 0.488 e. The van der Waals surface area contributed by atoms with Gasteiger partial charge in [0.05, 0.1) is 0 Å². The Morgan fingerprint density at radius 1 is 1.43 bits per heavy atom. The Balaban J connectivity index is 3.27. The van der Waals surface area contributed by atoms with E-state index in [0.29, 0.717) is 17.8 Å². The molecule has 0 aromatic heterocycles. The monoisotopic (exact) mass is 211 g/mol. The normalized spacial score (nSPS) is 10.4. The summed E-state index contributed by atoms with van der Waals surface area (Å²) in [4.78, 5) is 0. The highest BCUT2D eigenvalue weighted by atomic mass is 32.1. The molecule has 0 aliphatic heterocycles. The number of rotatable bonds is 3. The van der Waals surface area contributed by atoms with Gasteiger partial charge in [-0.05, 0) is 29.1 Å². The van der Waals surface area contributed by atoms with Crippen LogP contribution in [0.4, 0.5) is 0 Å². The molecule has 76 valence electrons. The van der Waals surface area contributed by atoms with Crippen LogP contribution in [0.5, 0.6) is 0 Å². The van der Waals surface area contributed by atoms with Gasteiger partial charge in [0, 0.05) is 12.3 Å². The second-order valence-corrected chi connectivity index (χ2v) is 3.52. The van der Waals surface area contributed by atoms with Crippen molar-refractivity contribution in [2.75, 3.05) is 0 Å². The van der Waals surface area contributed by atoms with Crippen LogP contribution >= 0.6 is 12.6 Å². The van der Waals surface area contributed by atoms with E-state index in [1.807, 2.05) is 13.0 Å². The predicted molar refractivity (Wildman–Crippen MR) is 61.6 cm³/mol. The summed E-state index contributed by atoms with van der Waals surface area (Å²) >= 11 is 4.14. The first-order valence-electron chi connectivity index (χ1n) is 4.39. The van der Waals surface area contributed by atoms with Crippen LogP contribution in [0.2, 0.25) is 0 Å². The van der Waals surface area contributed by atoms with E-state index < -0.39 is 7.12 Å². The van der Waals surface area contributed by atoms with Gasteiger partial charge in [-0.15, -0.1) is 0 Å². The summed E-state index contributed by atoms with van der Waals surface area (Å²) in [5.41, 5.74) is 8.78. The van der Waals surface area contributed by atoms with Crippen LogP contribution in [0.1, 0.15) is 16.7 Å². The minimum absolute atomic E-state index is 0.396. The maximum Gasteiger partial charge on any atom is 0.488 e. The molecule has 0 spiro atoms. The number of hydrogen-bond donors (Lipinski definition) is 4. The van der Waals surface area contributed by atoms with Crippen molar-refractivity contribution in [2.45, 2.75) is 19.2 Å². The molecule has 0 unspecified atom stereocenters. The molecule has 0 saturated carbocycles. The van der Waals surface area contributed by atoms with Gasteiger partial charge in [-0.3, -0.25) is 0 Å². The number of nitrogens with two attached hydrogens (primary N) is 1. The van der Waals surface area contributed by atoms with E-state index in [1.54, 1.807) is 6.07 Å². The maximum absolute atomic E-state index is 9.13. The van der Waals surface area contributed by atoms with Gasteiger partial charge in [0.25, 0.3) is 0 Å². The Bertz CT molecular complexity index is 331. The zero-order valence-corrected chi connectivity index (χ0v) is 8.96. The predicted octanol–water partition coefficient (Wildman–Crippen LogP) is -0.437. The van der Waals surface area contributed by atoms with Crippen molar-refractivity contribution in [3.05, 3.63) is 28.8 Å². The Kier molecular flexibility index (Phi) is 4.01. The topological polar surface area (TPSA) is 66.5 Å². The van der Waals surface area contributed by atoms with E-state index in [-0.39, 0.29) is 0 Å². The van der Waals surface area contributed by atoms with E-state index in [1.165, 1.54) is 0 Å². The van der Waals surface area contributed by atoms with Gasteiger partial charge >= 0.3 is 7.12 Å². The fourth-order valence-corrected chi connectivity index (χ4v) is 1.62. The summed E-state index contributed by atoms with van der Waals surface area (Å²) < 4.78 is 0. The first kappa shape index (κ1) is 11.6. The molecule has 1 aromatic carbocycles. The Labute approximate surface area is 89.5 Å². The minimum Gasteiger partial charge on any atom is -0.423 e. The molecule has 1 aromatic rings. The fraction of sp³-hybridized carbons (Fsp3) is 0.333. The average molecular weight is 211 g/mol. The van der Waals surface area contributed by atoms with Gasteiger partial charge in [-0.25, -0.2) is 0 Å². The van der Waals surface area contributed by atoms with Gasteiger partial charge in [-0.2, -0.15) is 12.6 Å². The lowest BCUT2D eigenvalue weighted by Crippen LogP contribution is -2.33. The lowest BCUT2D eigenvalue weighted by Gasteiger charge is -2.11. The molecule has 3 nitrogen and oxygen atoms in total. The summed E-state index contributed by atoms with van der Waals surface area (Å²) in [5.74, 6) is 0.562. The second kappa shape index (κ2) is 4.84. The zero-order valence-electron chi connectivity index (χ0n) is 8.07. The highest BCUT2D eigenvalue weighted by Gasteiger charge is 2.16. The van der Waals surface area contributed by atoms with Crippen LogP contribution in [-0.2, 0) is 12.3 Å². The van der Waals surface area contributed by atoms with Gasteiger partial charge in [0.15, 0.2) is 0 Å². The lowest BCUT2D eigenvalue weighted by atomic mass is 9.75. The minimum atomic E-state index is -1.44. The molecular weight excluding hydrogens is 197 g/mol. The van der Waals surface area contributed by atoms with Crippen molar-refractivity contribution >= 4 is 25.2 Å². The molecule has 0 aliphatic carbocycles. The van der Waals surface area contributed by atoms with Crippen LogP contribution in [-0.4, -0.2) is 17.2 Å². The SMILES string of the molecule is Cc1c(CN)cc(CS)cc1B(O)O. The molecule has 0 amide bonds. The van der Waals surface area contributed by atoms with Crippen LogP contribution < -0.4 is 11.2 Å². The molecule has 0 saturated heterocycles. The van der Waals surface area contributed by atoms with Gasteiger partial charge in [-0.1, -0.05) is 12.1 Å². The smallest absolute Gasteiger partial charge is 0.423 e. The Morgan fingerprint density at radius 2 is 2.07 bits per heavy atom. The number of hydrogen-bond acceptors (Lipinski definition) is 4. The van der Waals surface area contributed by atoms with Crippen LogP contribution in [0, 0.1) is 6.92 Å². The van der Waals surface area contributed by atoms with Crippen molar-refractivity contribution < 1.29 is 10.0 Å². The summed E-state index contributed by atoms with van der Waals surface area (Å²) in [5, 5.41) is 18.3. The average Bonchev–Trinajstić information content (AvgIpc) is 2.17. The van der Waals surface area contributed by atoms with Gasteiger partial charge in [0.1, 0.15) is 0 Å². The number of thiol groups is 1. The maximum atomic E-state index is 9.13. The van der Waals surface area contributed by atoms with Crippen LogP contribution in [0.25, 0.3) is 0 Å². The van der Waals surface area contributed by atoms with E-state index in [2.05, 4.69) is 12.6 Å². The highest BCUT2D eigenvalue weighted by molar-refractivity contribution is 7.79. The fourth-order valence-electron chi connectivity index (χ4n) is 1.44. The molecule has 0 atom stereocenters. The van der Waals surface area contributed by atoms with Crippen LogP contribution in [0.15, 0.2) is 12.1 Å². The van der Waals surface area contributed by atoms with Crippen molar-refractivity contribution in [2.24, 2.45) is 5.73 Å². The zero-order chi connectivity index (χ0) is 10.7. The molecule has 0 radical (unpaired) electrons. The summed E-state index contributed by atoms with van der Waals surface area (Å²) in [6.07, 6.45) is 0. The van der Waals surface area contributed by atoms with Crippen LogP contribution in [0.3, 0.4) is 0 Å². The van der Waals surface area contributed by atoms with E-state index in [0.717, 1.165) is 16.7 Å². The molecule has 0 bridgehead atoms. The molecule has 5 heteroatoms. The molecule has 4 N–H and O–H groups in total. The first-order valence-corrected chi connectivity index (χ1v) is 5.02. The Morgan fingerprint density at radius 3 is 2.50 bits per heavy atom. The van der Waals surface area contributed by atoms with E-state index in [9.17, 15) is 0 Å². The van der Waals surface area contributed by atoms with Gasteiger partial charge in [0.2, 0.25) is 0 Å². The third-order valence-electron chi connectivity index (χ3n) is 2.30. The first-order chi connectivity index (χ1) is 6.60. The third kappa shape index (κ3) is 2.30. The Hall–Kier alpha value is -0.485. The molecule has 0 heterocycles. The molecule has 0 fully saturated rings. The molecule has 0 aliphatic rings. The van der Waals surface area contributed by atoms with Crippen molar-refractivity contribution in [3.63, 3.8) is 0 Å². The molecule has 1 rings (SSSR count). The van der Waals surface area contributed by atoms with Crippen molar-refractivity contribution in [1.82, 2.24) is 0 Å². The molecular formula is C9H14BNO2S. The summed E-state index contributed by atoms with van der Waals surface area (Å²) in [7, 11) is -1.44.